The highest BCUT2D eigenvalue weighted by Crippen LogP contribution is 2.33. The summed E-state index contributed by atoms with van der Waals surface area (Å²) in [5.74, 6) is 0.380. The second-order valence-corrected chi connectivity index (χ2v) is 7.74. The van der Waals surface area contributed by atoms with Gasteiger partial charge in [-0.1, -0.05) is 44.2 Å². The van der Waals surface area contributed by atoms with Gasteiger partial charge in [-0.25, -0.2) is 0 Å². The van der Waals surface area contributed by atoms with Crippen LogP contribution in [0.5, 0.6) is 0 Å². The number of amides is 1. The summed E-state index contributed by atoms with van der Waals surface area (Å²) in [6, 6.07) is 11.1. The zero-order valence-electron chi connectivity index (χ0n) is 15.0. The minimum absolute atomic E-state index is 0.175. The Morgan fingerprint density at radius 2 is 1.71 bits per heavy atom. The van der Waals surface area contributed by atoms with E-state index in [1.165, 1.54) is 5.56 Å². The summed E-state index contributed by atoms with van der Waals surface area (Å²) in [6.07, 6.45) is 4.45. The van der Waals surface area contributed by atoms with Gasteiger partial charge in [0.1, 0.15) is 0 Å². The van der Waals surface area contributed by atoms with E-state index in [0.717, 1.165) is 45.3 Å². The van der Waals surface area contributed by atoms with E-state index in [2.05, 4.69) is 40.1 Å². The first-order chi connectivity index (χ1) is 11.6. The summed E-state index contributed by atoms with van der Waals surface area (Å²) < 4.78 is 0. The smallest absolute Gasteiger partial charge is 0.240 e. The lowest BCUT2D eigenvalue weighted by Gasteiger charge is -2.40. The van der Waals surface area contributed by atoms with Gasteiger partial charge in [0.05, 0.1) is 6.04 Å². The SMILES string of the molecule is CC(C)[C@H](N)C(=O)N(C1CC1)C1CCN(Cc2ccccc2)CC1. The molecule has 1 aromatic carbocycles. The third kappa shape index (κ3) is 4.17. The average molecular weight is 329 g/mol. The Morgan fingerprint density at radius 1 is 1.12 bits per heavy atom. The summed E-state index contributed by atoms with van der Waals surface area (Å²) >= 11 is 0. The molecule has 1 saturated carbocycles. The van der Waals surface area contributed by atoms with Crippen LogP contribution >= 0.6 is 0 Å². The maximum Gasteiger partial charge on any atom is 0.240 e. The first-order valence-corrected chi connectivity index (χ1v) is 9.40. The van der Waals surface area contributed by atoms with E-state index in [1.54, 1.807) is 0 Å². The number of rotatable bonds is 6. The van der Waals surface area contributed by atoms with Gasteiger partial charge in [-0.2, -0.15) is 0 Å². The van der Waals surface area contributed by atoms with Gasteiger partial charge >= 0.3 is 0 Å². The van der Waals surface area contributed by atoms with Crippen LogP contribution in [0.15, 0.2) is 30.3 Å². The maximum atomic E-state index is 12.8. The van der Waals surface area contributed by atoms with Crippen molar-refractivity contribution in [2.75, 3.05) is 13.1 Å². The molecule has 1 aliphatic heterocycles. The van der Waals surface area contributed by atoms with Gasteiger partial charge in [-0.05, 0) is 37.2 Å². The molecule has 0 bridgehead atoms. The Labute approximate surface area is 146 Å². The first-order valence-electron chi connectivity index (χ1n) is 9.40. The second kappa shape index (κ2) is 7.66. The van der Waals surface area contributed by atoms with Gasteiger partial charge in [0.2, 0.25) is 5.91 Å². The van der Waals surface area contributed by atoms with Gasteiger partial charge in [0, 0.05) is 31.7 Å². The van der Waals surface area contributed by atoms with Crippen molar-refractivity contribution in [3.63, 3.8) is 0 Å². The molecular weight excluding hydrogens is 298 g/mol. The molecular formula is C20H31N3O. The van der Waals surface area contributed by atoms with Gasteiger partial charge in [0.15, 0.2) is 0 Å². The molecule has 0 unspecified atom stereocenters. The van der Waals surface area contributed by atoms with Gasteiger partial charge < -0.3 is 10.6 Å². The summed E-state index contributed by atoms with van der Waals surface area (Å²) in [4.78, 5) is 17.5. The number of nitrogens with zero attached hydrogens (tertiary/aromatic N) is 2. The molecule has 2 fully saturated rings. The van der Waals surface area contributed by atoms with Crippen LogP contribution in [-0.2, 0) is 11.3 Å². The number of hydrogen-bond acceptors (Lipinski definition) is 3. The predicted molar refractivity (Wildman–Crippen MR) is 97.4 cm³/mol. The number of hydrogen-bond donors (Lipinski definition) is 1. The number of carbonyl (C=O) groups excluding carboxylic acids is 1. The summed E-state index contributed by atoms with van der Waals surface area (Å²) in [5.41, 5.74) is 7.53. The van der Waals surface area contributed by atoms with Crippen LogP contribution in [0.3, 0.4) is 0 Å². The number of benzene rings is 1. The molecule has 0 spiro atoms. The van der Waals surface area contributed by atoms with Crippen molar-refractivity contribution in [2.45, 2.75) is 64.2 Å². The molecule has 0 aromatic heterocycles. The molecule has 24 heavy (non-hydrogen) atoms. The maximum absolute atomic E-state index is 12.8. The fraction of sp³-hybridized carbons (Fsp3) is 0.650. The standard InChI is InChI=1S/C20H31N3O/c1-15(2)19(21)20(24)23(17-8-9-17)18-10-12-22(13-11-18)14-16-6-4-3-5-7-16/h3-7,15,17-19H,8-14,21H2,1-2H3/t19-/m0/s1. The zero-order chi connectivity index (χ0) is 17.1. The van der Waals surface area contributed by atoms with E-state index in [4.69, 9.17) is 5.73 Å². The highest BCUT2D eigenvalue weighted by atomic mass is 16.2. The highest BCUT2D eigenvalue weighted by Gasteiger charge is 2.40. The Bertz CT molecular complexity index is 533. The molecule has 1 saturated heterocycles. The van der Waals surface area contributed by atoms with Crippen LogP contribution in [0, 0.1) is 5.92 Å². The number of carbonyl (C=O) groups is 1. The second-order valence-electron chi connectivity index (χ2n) is 7.74. The average Bonchev–Trinajstić information content (AvgIpc) is 3.41. The fourth-order valence-corrected chi connectivity index (χ4v) is 3.67. The minimum atomic E-state index is -0.354. The summed E-state index contributed by atoms with van der Waals surface area (Å²) in [6.45, 7) is 7.21. The van der Waals surface area contributed by atoms with Crippen molar-refractivity contribution in [1.82, 2.24) is 9.80 Å². The van der Waals surface area contributed by atoms with Crippen LogP contribution < -0.4 is 5.73 Å². The molecule has 1 aromatic rings. The molecule has 132 valence electrons. The Balaban J connectivity index is 1.57. The topological polar surface area (TPSA) is 49.6 Å². The quantitative estimate of drug-likeness (QED) is 0.873. The molecule has 2 aliphatic rings. The van der Waals surface area contributed by atoms with Crippen LogP contribution in [0.1, 0.15) is 45.1 Å². The summed E-state index contributed by atoms with van der Waals surface area (Å²) in [7, 11) is 0. The van der Waals surface area contributed by atoms with Crippen molar-refractivity contribution in [2.24, 2.45) is 11.7 Å². The number of likely N-dealkylation sites (tertiary alicyclic amines) is 1. The molecule has 2 N–H and O–H groups in total. The normalized spacial score (nSPS) is 21.0. The molecule has 1 aliphatic carbocycles. The van der Waals surface area contributed by atoms with E-state index in [-0.39, 0.29) is 17.9 Å². The molecule has 1 atom stereocenters. The van der Waals surface area contributed by atoms with E-state index in [1.807, 2.05) is 13.8 Å². The van der Waals surface area contributed by atoms with Crippen LogP contribution in [-0.4, -0.2) is 46.9 Å². The first kappa shape index (κ1) is 17.4. The number of piperidine rings is 1. The zero-order valence-corrected chi connectivity index (χ0v) is 15.0. The lowest BCUT2D eigenvalue weighted by Crippen LogP contribution is -2.54. The van der Waals surface area contributed by atoms with Crippen LogP contribution in [0.4, 0.5) is 0 Å². The van der Waals surface area contributed by atoms with Crippen LogP contribution in [0.25, 0.3) is 0 Å². The molecule has 4 nitrogen and oxygen atoms in total. The minimum Gasteiger partial charge on any atom is -0.335 e. The van der Waals surface area contributed by atoms with E-state index >= 15 is 0 Å². The van der Waals surface area contributed by atoms with E-state index in [9.17, 15) is 4.79 Å². The van der Waals surface area contributed by atoms with Gasteiger partial charge in [-0.3, -0.25) is 9.69 Å². The third-order valence-electron chi connectivity index (χ3n) is 5.40. The van der Waals surface area contributed by atoms with Crippen molar-refractivity contribution < 1.29 is 4.79 Å². The molecule has 1 amide bonds. The molecule has 1 heterocycles. The summed E-state index contributed by atoms with van der Waals surface area (Å²) in [5, 5.41) is 0. The van der Waals surface area contributed by atoms with Crippen molar-refractivity contribution in [3.8, 4) is 0 Å². The Kier molecular flexibility index (Phi) is 5.57. The molecule has 4 heteroatoms. The van der Waals surface area contributed by atoms with Crippen LogP contribution in [0.2, 0.25) is 0 Å². The van der Waals surface area contributed by atoms with E-state index < -0.39 is 0 Å². The lowest BCUT2D eigenvalue weighted by atomic mass is 9.98. The Hall–Kier alpha value is -1.39. The molecule has 0 radical (unpaired) electrons. The van der Waals surface area contributed by atoms with Crippen molar-refractivity contribution in [1.29, 1.82) is 0 Å². The van der Waals surface area contributed by atoms with E-state index in [0.29, 0.717) is 12.1 Å². The van der Waals surface area contributed by atoms with Gasteiger partial charge in [0.25, 0.3) is 0 Å². The largest absolute Gasteiger partial charge is 0.335 e. The monoisotopic (exact) mass is 329 g/mol. The fourth-order valence-electron chi connectivity index (χ4n) is 3.67. The number of nitrogens with two attached hydrogens (primary N) is 1. The lowest BCUT2D eigenvalue weighted by molar-refractivity contribution is -0.137. The predicted octanol–water partition coefficient (Wildman–Crippen LogP) is 2.63. The Morgan fingerprint density at radius 3 is 2.25 bits per heavy atom. The van der Waals surface area contributed by atoms with Gasteiger partial charge in [-0.15, -0.1) is 0 Å². The molecule has 3 rings (SSSR count). The highest BCUT2D eigenvalue weighted by molar-refractivity contribution is 5.82. The third-order valence-corrected chi connectivity index (χ3v) is 5.40. The van der Waals surface area contributed by atoms with Crippen molar-refractivity contribution in [3.05, 3.63) is 35.9 Å². The van der Waals surface area contributed by atoms with Crippen molar-refractivity contribution >= 4 is 5.91 Å².